The SMILES string of the molecule is CCNC(=O)c1ccccc1NC(=O)COc1ccc(Cl)cc1Br. The molecule has 5 nitrogen and oxygen atoms in total. The van der Waals surface area contributed by atoms with E-state index in [-0.39, 0.29) is 18.4 Å². The number of nitrogens with one attached hydrogen (secondary N) is 2. The van der Waals surface area contributed by atoms with Crippen LogP contribution in [-0.4, -0.2) is 25.0 Å². The second-order valence-corrected chi connectivity index (χ2v) is 6.11. The van der Waals surface area contributed by atoms with Gasteiger partial charge in [0.1, 0.15) is 5.75 Å². The van der Waals surface area contributed by atoms with Crippen LogP contribution in [-0.2, 0) is 4.79 Å². The molecule has 7 heteroatoms. The molecule has 0 spiro atoms. The van der Waals surface area contributed by atoms with Gasteiger partial charge in [-0.3, -0.25) is 9.59 Å². The number of benzene rings is 2. The molecule has 0 fully saturated rings. The minimum atomic E-state index is -0.367. The molecule has 0 aliphatic heterocycles. The molecule has 0 aromatic heterocycles. The molecule has 0 aliphatic carbocycles. The molecule has 2 aromatic carbocycles. The lowest BCUT2D eigenvalue weighted by Gasteiger charge is -2.12. The highest BCUT2D eigenvalue weighted by Gasteiger charge is 2.13. The maximum Gasteiger partial charge on any atom is 0.262 e. The highest BCUT2D eigenvalue weighted by Crippen LogP contribution is 2.28. The lowest BCUT2D eigenvalue weighted by molar-refractivity contribution is -0.118. The van der Waals surface area contributed by atoms with Gasteiger partial charge in [-0.05, 0) is 53.2 Å². The van der Waals surface area contributed by atoms with Crippen molar-refractivity contribution in [2.45, 2.75) is 6.92 Å². The Kier molecular flexibility index (Phi) is 6.63. The standard InChI is InChI=1S/C17H16BrClN2O3/c1-2-20-17(23)12-5-3-4-6-14(12)21-16(22)10-24-15-8-7-11(19)9-13(15)18/h3-9H,2,10H2,1H3,(H,20,23)(H,21,22). The van der Waals surface area contributed by atoms with Crippen LogP contribution in [0.1, 0.15) is 17.3 Å². The van der Waals surface area contributed by atoms with Crippen LogP contribution >= 0.6 is 27.5 Å². The van der Waals surface area contributed by atoms with Crippen LogP contribution in [0.25, 0.3) is 0 Å². The molecule has 0 saturated carbocycles. The Morgan fingerprint density at radius 1 is 1.21 bits per heavy atom. The van der Waals surface area contributed by atoms with Crippen molar-refractivity contribution in [1.29, 1.82) is 0 Å². The van der Waals surface area contributed by atoms with Gasteiger partial charge in [0.05, 0.1) is 15.7 Å². The maximum absolute atomic E-state index is 12.1. The Hall–Kier alpha value is -2.05. The van der Waals surface area contributed by atoms with Gasteiger partial charge in [0.25, 0.3) is 11.8 Å². The maximum atomic E-state index is 12.1. The fourth-order valence-electron chi connectivity index (χ4n) is 1.97. The summed E-state index contributed by atoms with van der Waals surface area (Å²) in [5.74, 6) is -0.102. The summed E-state index contributed by atoms with van der Waals surface area (Å²) in [6, 6.07) is 11.8. The van der Waals surface area contributed by atoms with E-state index in [0.717, 1.165) is 0 Å². The monoisotopic (exact) mass is 410 g/mol. The first-order valence-corrected chi connectivity index (χ1v) is 8.43. The molecule has 0 unspecified atom stereocenters. The average Bonchev–Trinajstić information content (AvgIpc) is 2.54. The van der Waals surface area contributed by atoms with Crippen LogP contribution in [0, 0.1) is 0 Å². The first-order chi connectivity index (χ1) is 11.5. The summed E-state index contributed by atoms with van der Waals surface area (Å²) in [5, 5.41) is 5.96. The lowest BCUT2D eigenvalue weighted by atomic mass is 10.1. The zero-order valence-electron chi connectivity index (χ0n) is 12.9. The number of halogens is 2. The number of hydrogen-bond acceptors (Lipinski definition) is 3. The largest absolute Gasteiger partial charge is 0.483 e. The van der Waals surface area contributed by atoms with Crippen LogP contribution in [0.2, 0.25) is 5.02 Å². The molecule has 0 saturated heterocycles. The Balaban J connectivity index is 2.01. The predicted octanol–water partition coefficient (Wildman–Crippen LogP) is 3.87. The number of carbonyl (C=O) groups is 2. The molecule has 24 heavy (non-hydrogen) atoms. The lowest BCUT2D eigenvalue weighted by Crippen LogP contribution is -2.26. The molecule has 2 N–H and O–H groups in total. The third-order valence-electron chi connectivity index (χ3n) is 3.04. The third-order valence-corrected chi connectivity index (χ3v) is 3.89. The molecule has 0 bridgehead atoms. The van der Waals surface area contributed by atoms with Crippen molar-refractivity contribution in [3.05, 3.63) is 57.5 Å². The van der Waals surface area contributed by atoms with Crippen LogP contribution in [0.4, 0.5) is 5.69 Å². The second-order valence-electron chi connectivity index (χ2n) is 4.82. The van der Waals surface area contributed by atoms with Gasteiger partial charge in [-0.15, -0.1) is 0 Å². The van der Waals surface area contributed by atoms with Crippen molar-refractivity contribution in [1.82, 2.24) is 5.32 Å². The number of rotatable bonds is 6. The summed E-state index contributed by atoms with van der Waals surface area (Å²) in [6.45, 7) is 2.15. The molecule has 0 heterocycles. The highest BCUT2D eigenvalue weighted by molar-refractivity contribution is 9.10. The molecule has 0 aliphatic rings. The molecule has 2 amide bonds. The number of ether oxygens (including phenoxy) is 1. The van der Waals surface area contributed by atoms with Crippen molar-refractivity contribution in [3.8, 4) is 5.75 Å². The van der Waals surface area contributed by atoms with E-state index in [9.17, 15) is 9.59 Å². The van der Waals surface area contributed by atoms with Gasteiger partial charge in [-0.2, -0.15) is 0 Å². The molecule has 126 valence electrons. The van der Waals surface area contributed by atoms with Crippen molar-refractivity contribution in [2.75, 3.05) is 18.5 Å². The first kappa shape index (κ1) is 18.3. The van der Waals surface area contributed by atoms with Gasteiger partial charge in [-0.25, -0.2) is 0 Å². The zero-order chi connectivity index (χ0) is 17.5. The van der Waals surface area contributed by atoms with Gasteiger partial charge in [0.15, 0.2) is 6.61 Å². The van der Waals surface area contributed by atoms with Gasteiger partial charge < -0.3 is 15.4 Å². The van der Waals surface area contributed by atoms with Gasteiger partial charge in [-0.1, -0.05) is 23.7 Å². The summed E-state index contributed by atoms with van der Waals surface area (Å²) in [4.78, 5) is 24.1. The molecule has 0 atom stereocenters. The quantitative estimate of drug-likeness (QED) is 0.758. The van der Waals surface area contributed by atoms with Gasteiger partial charge in [0, 0.05) is 11.6 Å². The second kappa shape index (κ2) is 8.70. The fourth-order valence-corrected chi connectivity index (χ4v) is 2.76. The van der Waals surface area contributed by atoms with Crippen LogP contribution in [0.3, 0.4) is 0 Å². The molecule has 2 rings (SSSR count). The summed E-state index contributed by atoms with van der Waals surface area (Å²) in [5.41, 5.74) is 0.840. The number of hydrogen-bond donors (Lipinski definition) is 2. The fraction of sp³-hybridized carbons (Fsp3) is 0.176. The van der Waals surface area contributed by atoms with Gasteiger partial charge in [0.2, 0.25) is 0 Å². The number of carbonyl (C=O) groups excluding carboxylic acids is 2. The van der Waals surface area contributed by atoms with Crippen molar-refractivity contribution in [2.24, 2.45) is 0 Å². The van der Waals surface area contributed by atoms with E-state index in [1.54, 1.807) is 42.5 Å². The molecule has 2 aromatic rings. The molecule has 0 radical (unpaired) electrons. The summed E-state index contributed by atoms with van der Waals surface area (Å²) >= 11 is 9.17. The van der Waals surface area contributed by atoms with E-state index >= 15 is 0 Å². The number of amides is 2. The van der Waals surface area contributed by atoms with E-state index in [0.29, 0.717) is 33.0 Å². The minimum Gasteiger partial charge on any atom is -0.483 e. The van der Waals surface area contributed by atoms with E-state index < -0.39 is 0 Å². The average molecular weight is 412 g/mol. The van der Waals surface area contributed by atoms with Crippen molar-refractivity contribution < 1.29 is 14.3 Å². The molecular formula is C17H16BrClN2O3. The Bertz CT molecular complexity index is 752. The van der Waals surface area contributed by atoms with Crippen molar-refractivity contribution >= 4 is 45.0 Å². The third kappa shape index (κ3) is 4.97. The number of anilines is 1. The van der Waals surface area contributed by atoms with E-state index in [1.807, 2.05) is 6.92 Å². The van der Waals surface area contributed by atoms with Crippen LogP contribution < -0.4 is 15.4 Å². The smallest absolute Gasteiger partial charge is 0.262 e. The van der Waals surface area contributed by atoms with Gasteiger partial charge >= 0.3 is 0 Å². The van der Waals surface area contributed by atoms with Crippen molar-refractivity contribution in [3.63, 3.8) is 0 Å². The predicted molar refractivity (Wildman–Crippen MR) is 97.7 cm³/mol. The van der Waals surface area contributed by atoms with Crippen LogP contribution in [0.5, 0.6) is 5.75 Å². The summed E-state index contributed by atoms with van der Waals surface area (Å²) in [6.07, 6.45) is 0. The topological polar surface area (TPSA) is 67.4 Å². The van der Waals surface area contributed by atoms with E-state index in [2.05, 4.69) is 26.6 Å². The van der Waals surface area contributed by atoms with Crippen LogP contribution in [0.15, 0.2) is 46.9 Å². The normalized spacial score (nSPS) is 10.1. The zero-order valence-corrected chi connectivity index (χ0v) is 15.3. The minimum absolute atomic E-state index is 0.191. The summed E-state index contributed by atoms with van der Waals surface area (Å²) < 4.78 is 6.11. The van der Waals surface area contributed by atoms with E-state index in [4.69, 9.17) is 16.3 Å². The summed E-state index contributed by atoms with van der Waals surface area (Å²) in [7, 11) is 0. The van der Waals surface area contributed by atoms with E-state index in [1.165, 1.54) is 0 Å². The Morgan fingerprint density at radius 3 is 2.67 bits per heavy atom. The molecular weight excluding hydrogens is 396 g/mol. The Labute approximate surface area is 153 Å². The first-order valence-electron chi connectivity index (χ1n) is 7.26. The number of para-hydroxylation sites is 1. The Morgan fingerprint density at radius 2 is 1.96 bits per heavy atom. The highest BCUT2D eigenvalue weighted by atomic mass is 79.9.